The maximum Gasteiger partial charge on any atom is 0.241 e. The van der Waals surface area contributed by atoms with Crippen LogP contribution in [0.4, 0.5) is 5.82 Å². The van der Waals surface area contributed by atoms with Crippen LogP contribution in [0.25, 0.3) is 6.08 Å². The van der Waals surface area contributed by atoms with Crippen LogP contribution in [-0.2, 0) is 9.59 Å². The van der Waals surface area contributed by atoms with Crippen LogP contribution in [0.2, 0.25) is 0 Å². The number of carbonyl (C=O) groups is 2. The van der Waals surface area contributed by atoms with E-state index >= 15 is 0 Å². The molecule has 1 saturated heterocycles. The SMILES string of the molecule is N#CC1(C(N)=O)C(c2ccccc2)C(C(N)=O)N2c3ncccc3C=CC21. The van der Waals surface area contributed by atoms with Gasteiger partial charge in [0.25, 0.3) is 0 Å². The van der Waals surface area contributed by atoms with Crippen molar-refractivity contribution in [3.8, 4) is 6.07 Å². The Kier molecular flexibility index (Phi) is 3.70. The van der Waals surface area contributed by atoms with Crippen molar-refractivity contribution in [2.75, 3.05) is 4.90 Å². The number of fused-ring (bicyclic) bond motifs is 3. The van der Waals surface area contributed by atoms with Crippen LogP contribution in [0.15, 0.2) is 54.7 Å². The number of hydrogen-bond donors (Lipinski definition) is 2. The van der Waals surface area contributed by atoms with Crippen molar-refractivity contribution < 1.29 is 9.59 Å². The van der Waals surface area contributed by atoms with Gasteiger partial charge in [0.1, 0.15) is 11.9 Å². The number of primary amides is 2. The van der Waals surface area contributed by atoms with Crippen LogP contribution < -0.4 is 16.4 Å². The Balaban J connectivity index is 2.03. The molecule has 0 spiro atoms. The van der Waals surface area contributed by atoms with E-state index in [0.717, 1.165) is 5.56 Å². The quantitative estimate of drug-likeness (QED) is 0.843. The van der Waals surface area contributed by atoms with Crippen LogP contribution in [0.5, 0.6) is 0 Å². The highest BCUT2D eigenvalue weighted by atomic mass is 16.2. The number of benzene rings is 1. The summed E-state index contributed by atoms with van der Waals surface area (Å²) >= 11 is 0. The molecule has 4 atom stereocenters. The largest absolute Gasteiger partial charge is 0.368 e. The number of nitrogens with zero attached hydrogens (tertiary/aromatic N) is 3. The van der Waals surface area contributed by atoms with Crippen molar-refractivity contribution in [3.63, 3.8) is 0 Å². The van der Waals surface area contributed by atoms with Crippen molar-refractivity contribution in [2.24, 2.45) is 16.9 Å². The smallest absolute Gasteiger partial charge is 0.241 e. The molecule has 4 unspecified atom stereocenters. The summed E-state index contributed by atoms with van der Waals surface area (Å²) in [6.45, 7) is 0. The van der Waals surface area contributed by atoms with Crippen LogP contribution in [0.3, 0.4) is 0 Å². The van der Waals surface area contributed by atoms with Gasteiger partial charge in [-0.2, -0.15) is 5.26 Å². The van der Waals surface area contributed by atoms with E-state index in [4.69, 9.17) is 11.5 Å². The molecule has 0 saturated carbocycles. The third-order valence-corrected chi connectivity index (χ3v) is 5.43. The predicted molar refractivity (Wildman–Crippen MR) is 98.9 cm³/mol. The number of amides is 2. The van der Waals surface area contributed by atoms with E-state index in [0.29, 0.717) is 11.4 Å². The average Bonchev–Trinajstić information content (AvgIpc) is 3.00. The minimum Gasteiger partial charge on any atom is -0.368 e. The molecule has 4 N–H and O–H groups in total. The number of nitriles is 1. The lowest BCUT2D eigenvalue weighted by molar-refractivity contribution is -0.125. The highest BCUT2D eigenvalue weighted by Crippen LogP contribution is 2.54. The Morgan fingerprint density at radius 3 is 2.52 bits per heavy atom. The molecule has 1 aromatic carbocycles. The molecule has 2 aromatic rings. The van der Waals surface area contributed by atoms with Crippen molar-refractivity contribution in [1.82, 2.24) is 4.98 Å². The Labute approximate surface area is 155 Å². The molecule has 4 rings (SSSR count). The zero-order chi connectivity index (χ0) is 19.2. The second-order valence-corrected chi connectivity index (χ2v) is 6.71. The van der Waals surface area contributed by atoms with Gasteiger partial charge in [-0.1, -0.05) is 42.5 Å². The van der Waals surface area contributed by atoms with Gasteiger partial charge in [-0.25, -0.2) is 4.98 Å². The Bertz CT molecular complexity index is 997. The first-order valence-corrected chi connectivity index (χ1v) is 8.49. The zero-order valence-electron chi connectivity index (χ0n) is 14.3. The zero-order valence-corrected chi connectivity index (χ0v) is 14.3. The molecule has 1 fully saturated rings. The fourth-order valence-electron chi connectivity index (χ4n) is 4.34. The first-order valence-electron chi connectivity index (χ1n) is 8.49. The van der Waals surface area contributed by atoms with Gasteiger partial charge in [0.2, 0.25) is 11.8 Å². The lowest BCUT2D eigenvalue weighted by Crippen LogP contribution is -2.49. The first kappa shape index (κ1) is 16.8. The molecule has 3 heterocycles. The Hall–Kier alpha value is -3.66. The third kappa shape index (κ3) is 2.16. The summed E-state index contributed by atoms with van der Waals surface area (Å²) in [7, 11) is 0. The number of pyridine rings is 1. The highest BCUT2D eigenvalue weighted by molar-refractivity contribution is 5.96. The maximum absolute atomic E-state index is 12.6. The molecule has 7 nitrogen and oxygen atoms in total. The summed E-state index contributed by atoms with van der Waals surface area (Å²) in [5.74, 6) is -1.74. The van der Waals surface area contributed by atoms with Crippen molar-refractivity contribution >= 4 is 23.7 Å². The molecule has 1 aromatic heterocycles. The lowest BCUT2D eigenvalue weighted by atomic mass is 9.68. The fraction of sp³-hybridized carbons (Fsp3) is 0.200. The molecule has 2 amide bonds. The van der Waals surface area contributed by atoms with Gasteiger partial charge < -0.3 is 16.4 Å². The van der Waals surface area contributed by atoms with Crippen molar-refractivity contribution in [1.29, 1.82) is 5.26 Å². The van der Waals surface area contributed by atoms with E-state index in [1.165, 1.54) is 0 Å². The average molecular weight is 359 g/mol. The van der Waals surface area contributed by atoms with E-state index < -0.39 is 35.2 Å². The van der Waals surface area contributed by atoms with E-state index in [1.54, 1.807) is 53.6 Å². The summed E-state index contributed by atoms with van der Waals surface area (Å²) in [4.78, 5) is 31.2. The minimum absolute atomic E-state index is 0.508. The van der Waals surface area contributed by atoms with Crippen LogP contribution in [-0.4, -0.2) is 28.9 Å². The van der Waals surface area contributed by atoms with Gasteiger partial charge in [0.15, 0.2) is 5.41 Å². The van der Waals surface area contributed by atoms with Crippen molar-refractivity contribution in [2.45, 2.75) is 18.0 Å². The van der Waals surface area contributed by atoms with E-state index in [9.17, 15) is 14.9 Å². The first-order chi connectivity index (χ1) is 13.0. The van der Waals surface area contributed by atoms with Gasteiger partial charge >= 0.3 is 0 Å². The Morgan fingerprint density at radius 2 is 1.89 bits per heavy atom. The molecular weight excluding hydrogens is 342 g/mol. The van der Waals surface area contributed by atoms with Gasteiger partial charge in [-0.05, 0) is 17.7 Å². The normalized spacial score (nSPS) is 28.1. The van der Waals surface area contributed by atoms with Gasteiger partial charge in [0, 0.05) is 17.7 Å². The molecule has 0 bridgehead atoms. The fourth-order valence-corrected chi connectivity index (χ4v) is 4.34. The van der Waals surface area contributed by atoms with Gasteiger partial charge in [-0.15, -0.1) is 0 Å². The number of rotatable bonds is 3. The summed E-state index contributed by atoms with van der Waals surface area (Å²) in [5, 5.41) is 10.1. The van der Waals surface area contributed by atoms with Crippen LogP contribution in [0, 0.1) is 16.7 Å². The second kappa shape index (κ2) is 5.95. The molecule has 0 radical (unpaired) electrons. The predicted octanol–water partition coefficient (Wildman–Crippen LogP) is 0.930. The maximum atomic E-state index is 12.6. The summed E-state index contributed by atoms with van der Waals surface area (Å²) in [6, 6.07) is 13.0. The van der Waals surface area contributed by atoms with E-state index in [1.807, 2.05) is 12.1 Å². The monoisotopic (exact) mass is 359 g/mol. The summed E-state index contributed by atoms with van der Waals surface area (Å²) in [6.07, 6.45) is 5.13. The van der Waals surface area contributed by atoms with E-state index in [-0.39, 0.29) is 0 Å². The summed E-state index contributed by atoms with van der Waals surface area (Å²) in [5.41, 5.74) is 11.3. The molecular formula is C20H17N5O2. The number of anilines is 1. The molecule has 134 valence electrons. The van der Waals surface area contributed by atoms with E-state index in [2.05, 4.69) is 11.1 Å². The number of carbonyl (C=O) groups excluding carboxylic acids is 2. The molecule has 7 heteroatoms. The van der Waals surface area contributed by atoms with Gasteiger partial charge in [-0.3, -0.25) is 9.59 Å². The third-order valence-electron chi connectivity index (χ3n) is 5.43. The molecule has 2 aliphatic heterocycles. The van der Waals surface area contributed by atoms with Crippen molar-refractivity contribution in [3.05, 3.63) is 65.9 Å². The standard InChI is InChI=1S/C20H17N5O2/c21-11-20(19(23)27)14-9-8-13-7-4-10-24-18(13)25(14)16(17(22)26)15(20)12-5-2-1-3-6-12/h1-10,14-16H,(H2,22,26)(H2,23,27). The minimum atomic E-state index is -1.66. The lowest BCUT2D eigenvalue weighted by Gasteiger charge is -2.34. The summed E-state index contributed by atoms with van der Waals surface area (Å²) < 4.78 is 0. The van der Waals surface area contributed by atoms with Crippen LogP contribution in [0.1, 0.15) is 17.0 Å². The topological polar surface area (TPSA) is 126 Å². The number of aromatic nitrogens is 1. The molecule has 0 aliphatic carbocycles. The Morgan fingerprint density at radius 1 is 1.15 bits per heavy atom. The molecule has 27 heavy (non-hydrogen) atoms. The van der Waals surface area contributed by atoms with Crippen LogP contribution >= 0.6 is 0 Å². The highest BCUT2D eigenvalue weighted by Gasteiger charge is 2.65. The second-order valence-electron chi connectivity index (χ2n) is 6.71. The number of nitrogens with two attached hydrogens (primary N) is 2. The molecule has 2 aliphatic rings. The number of hydrogen-bond acceptors (Lipinski definition) is 5. The van der Waals surface area contributed by atoms with Gasteiger partial charge in [0.05, 0.1) is 12.1 Å².